The Bertz CT molecular complexity index is 321. The highest BCUT2D eigenvalue weighted by Crippen LogP contribution is 2.21. The zero-order valence-electron chi connectivity index (χ0n) is 7.63. The summed E-state index contributed by atoms with van der Waals surface area (Å²) >= 11 is 0. The van der Waals surface area contributed by atoms with Crippen molar-refractivity contribution in [1.29, 1.82) is 0 Å². The Hall–Kier alpha value is -1.38. The molecule has 1 aromatic rings. The lowest BCUT2D eigenvalue weighted by atomic mass is 10.1. The maximum atomic E-state index is 13.1. The van der Waals surface area contributed by atoms with Crippen LogP contribution in [0, 0.1) is 12.7 Å². The second kappa shape index (κ2) is 4.03. The van der Waals surface area contributed by atoms with E-state index in [-0.39, 0.29) is 5.56 Å². The molecular formula is C10H11FO2. The highest BCUT2D eigenvalue weighted by atomic mass is 19.1. The van der Waals surface area contributed by atoms with Crippen molar-refractivity contribution in [1.82, 2.24) is 0 Å². The quantitative estimate of drug-likeness (QED) is 0.670. The Morgan fingerprint density at radius 2 is 2.23 bits per heavy atom. The van der Waals surface area contributed by atoms with Crippen LogP contribution in [-0.4, -0.2) is 12.9 Å². The van der Waals surface area contributed by atoms with Gasteiger partial charge >= 0.3 is 0 Å². The molecule has 0 aliphatic heterocycles. The van der Waals surface area contributed by atoms with Crippen LogP contribution >= 0.6 is 0 Å². The molecule has 0 saturated carbocycles. The molecule has 70 valence electrons. The van der Waals surface area contributed by atoms with Gasteiger partial charge < -0.3 is 4.74 Å². The minimum atomic E-state index is -0.529. The van der Waals surface area contributed by atoms with Gasteiger partial charge in [-0.3, -0.25) is 4.79 Å². The van der Waals surface area contributed by atoms with Crippen LogP contribution in [0.5, 0.6) is 5.75 Å². The zero-order valence-corrected chi connectivity index (χ0v) is 7.63. The summed E-state index contributed by atoms with van der Waals surface area (Å²) in [5.74, 6) is -0.214. The molecule has 0 aromatic heterocycles. The van der Waals surface area contributed by atoms with Gasteiger partial charge in [-0.15, -0.1) is 0 Å². The third-order valence-electron chi connectivity index (χ3n) is 1.65. The van der Waals surface area contributed by atoms with Crippen molar-refractivity contribution >= 4 is 6.29 Å². The number of benzene rings is 1. The summed E-state index contributed by atoms with van der Waals surface area (Å²) in [6.45, 7) is 3.96. The van der Waals surface area contributed by atoms with Gasteiger partial charge in [0.15, 0.2) is 6.29 Å². The zero-order chi connectivity index (χ0) is 9.84. The molecule has 0 fully saturated rings. The number of halogens is 1. The van der Waals surface area contributed by atoms with Gasteiger partial charge in [0, 0.05) is 0 Å². The third-order valence-corrected chi connectivity index (χ3v) is 1.65. The van der Waals surface area contributed by atoms with Gasteiger partial charge in [-0.2, -0.15) is 0 Å². The number of carbonyl (C=O) groups excluding carboxylic acids is 1. The minimum absolute atomic E-state index is 0.00699. The van der Waals surface area contributed by atoms with E-state index in [0.717, 1.165) is 5.56 Å². The van der Waals surface area contributed by atoms with Gasteiger partial charge in [0.1, 0.15) is 11.6 Å². The summed E-state index contributed by atoms with van der Waals surface area (Å²) in [7, 11) is 0. The van der Waals surface area contributed by atoms with E-state index in [9.17, 15) is 9.18 Å². The molecule has 0 amide bonds. The standard InChI is InChI=1S/C10H11FO2/c1-3-13-10-5-7(2)4-9(11)8(10)6-12/h4-6H,3H2,1-2H3. The van der Waals surface area contributed by atoms with Crippen LogP contribution in [0.15, 0.2) is 12.1 Å². The summed E-state index contributed by atoms with van der Waals surface area (Å²) < 4.78 is 18.2. The summed E-state index contributed by atoms with van der Waals surface area (Å²) in [5.41, 5.74) is 0.735. The summed E-state index contributed by atoms with van der Waals surface area (Å²) in [6.07, 6.45) is 0.472. The predicted octanol–water partition coefficient (Wildman–Crippen LogP) is 2.35. The van der Waals surface area contributed by atoms with Crippen LogP contribution in [0.3, 0.4) is 0 Å². The van der Waals surface area contributed by atoms with Gasteiger partial charge in [-0.1, -0.05) is 0 Å². The Balaban J connectivity index is 3.20. The van der Waals surface area contributed by atoms with Gasteiger partial charge in [0.2, 0.25) is 0 Å². The fraction of sp³-hybridized carbons (Fsp3) is 0.300. The van der Waals surface area contributed by atoms with Crippen molar-refractivity contribution in [3.8, 4) is 5.75 Å². The van der Waals surface area contributed by atoms with E-state index in [4.69, 9.17) is 4.74 Å². The van der Waals surface area contributed by atoms with Crippen molar-refractivity contribution in [3.63, 3.8) is 0 Å². The maximum absolute atomic E-state index is 13.1. The Labute approximate surface area is 76.3 Å². The number of hydrogen-bond donors (Lipinski definition) is 0. The Kier molecular flexibility index (Phi) is 3.01. The number of rotatable bonds is 3. The number of aryl methyl sites for hydroxylation is 1. The van der Waals surface area contributed by atoms with E-state index >= 15 is 0 Å². The predicted molar refractivity (Wildman–Crippen MR) is 47.7 cm³/mol. The molecule has 0 atom stereocenters. The summed E-state index contributed by atoms with van der Waals surface area (Å²) in [5, 5.41) is 0. The average Bonchev–Trinajstić information content (AvgIpc) is 2.04. The van der Waals surface area contributed by atoms with Crippen LogP contribution in [-0.2, 0) is 0 Å². The number of hydrogen-bond acceptors (Lipinski definition) is 2. The summed E-state index contributed by atoms with van der Waals surface area (Å²) in [6, 6.07) is 2.96. The van der Waals surface area contributed by atoms with Crippen molar-refractivity contribution in [3.05, 3.63) is 29.1 Å². The van der Waals surface area contributed by atoms with Crippen LogP contribution in [0.4, 0.5) is 4.39 Å². The van der Waals surface area contributed by atoms with Crippen molar-refractivity contribution in [2.24, 2.45) is 0 Å². The van der Waals surface area contributed by atoms with Gasteiger partial charge in [0.05, 0.1) is 12.2 Å². The fourth-order valence-electron chi connectivity index (χ4n) is 1.11. The Morgan fingerprint density at radius 3 is 2.77 bits per heavy atom. The molecule has 1 aromatic carbocycles. The van der Waals surface area contributed by atoms with Crippen LogP contribution in [0.25, 0.3) is 0 Å². The van der Waals surface area contributed by atoms with E-state index < -0.39 is 5.82 Å². The molecule has 0 saturated heterocycles. The van der Waals surface area contributed by atoms with E-state index in [0.29, 0.717) is 18.6 Å². The Morgan fingerprint density at radius 1 is 1.54 bits per heavy atom. The summed E-state index contributed by atoms with van der Waals surface area (Å²) in [4.78, 5) is 10.5. The molecule has 2 nitrogen and oxygen atoms in total. The van der Waals surface area contributed by atoms with Gasteiger partial charge in [0.25, 0.3) is 0 Å². The molecule has 0 bridgehead atoms. The normalized spacial score (nSPS) is 9.77. The largest absolute Gasteiger partial charge is 0.493 e. The molecule has 13 heavy (non-hydrogen) atoms. The van der Waals surface area contributed by atoms with Crippen LogP contribution < -0.4 is 4.74 Å². The third kappa shape index (κ3) is 2.05. The first-order valence-electron chi connectivity index (χ1n) is 4.07. The molecule has 0 N–H and O–H groups in total. The smallest absolute Gasteiger partial charge is 0.156 e. The molecule has 0 heterocycles. The first kappa shape index (κ1) is 9.71. The molecular weight excluding hydrogens is 171 g/mol. The first-order chi connectivity index (χ1) is 6.19. The lowest BCUT2D eigenvalue weighted by Crippen LogP contribution is -1.99. The SMILES string of the molecule is CCOc1cc(C)cc(F)c1C=O. The minimum Gasteiger partial charge on any atom is -0.493 e. The lowest BCUT2D eigenvalue weighted by molar-refractivity contribution is 0.111. The second-order valence-corrected chi connectivity index (χ2v) is 2.71. The number of ether oxygens (including phenoxy) is 1. The van der Waals surface area contributed by atoms with Crippen molar-refractivity contribution in [2.45, 2.75) is 13.8 Å². The monoisotopic (exact) mass is 182 g/mol. The first-order valence-corrected chi connectivity index (χ1v) is 4.07. The van der Waals surface area contributed by atoms with Gasteiger partial charge in [-0.25, -0.2) is 4.39 Å². The van der Waals surface area contributed by atoms with Gasteiger partial charge in [-0.05, 0) is 31.5 Å². The molecule has 0 spiro atoms. The van der Waals surface area contributed by atoms with E-state index in [1.807, 2.05) is 0 Å². The van der Waals surface area contributed by atoms with Crippen molar-refractivity contribution < 1.29 is 13.9 Å². The van der Waals surface area contributed by atoms with E-state index in [2.05, 4.69) is 0 Å². The number of aldehydes is 1. The molecule has 0 aliphatic carbocycles. The van der Waals surface area contributed by atoms with Crippen LogP contribution in [0.1, 0.15) is 22.8 Å². The highest BCUT2D eigenvalue weighted by Gasteiger charge is 2.09. The average molecular weight is 182 g/mol. The highest BCUT2D eigenvalue weighted by molar-refractivity contribution is 5.79. The lowest BCUT2D eigenvalue weighted by Gasteiger charge is -2.07. The van der Waals surface area contributed by atoms with Crippen molar-refractivity contribution in [2.75, 3.05) is 6.61 Å². The molecule has 0 unspecified atom stereocenters. The van der Waals surface area contributed by atoms with E-state index in [1.54, 1.807) is 19.9 Å². The molecule has 3 heteroatoms. The number of carbonyl (C=O) groups is 1. The molecule has 0 aliphatic rings. The van der Waals surface area contributed by atoms with E-state index in [1.165, 1.54) is 6.07 Å². The maximum Gasteiger partial charge on any atom is 0.156 e. The molecule has 1 rings (SSSR count). The topological polar surface area (TPSA) is 26.3 Å². The van der Waals surface area contributed by atoms with Crippen LogP contribution in [0.2, 0.25) is 0 Å². The second-order valence-electron chi connectivity index (χ2n) is 2.71. The fourth-order valence-corrected chi connectivity index (χ4v) is 1.11. The molecule has 0 radical (unpaired) electrons.